The van der Waals surface area contributed by atoms with E-state index in [1.807, 2.05) is 37.3 Å². The van der Waals surface area contributed by atoms with E-state index in [2.05, 4.69) is 4.98 Å². The fourth-order valence-electron chi connectivity index (χ4n) is 1.63. The first kappa shape index (κ1) is 10.5. The van der Waals surface area contributed by atoms with Gasteiger partial charge < -0.3 is 10.5 Å². The molecule has 0 saturated carbocycles. The zero-order chi connectivity index (χ0) is 11.5. The Morgan fingerprint density at radius 2 is 2.00 bits per heavy atom. The molecule has 0 amide bonds. The minimum absolute atomic E-state index is 0.616. The van der Waals surface area contributed by atoms with E-state index in [1.165, 1.54) is 0 Å². The van der Waals surface area contributed by atoms with Crippen molar-refractivity contribution in [3.63, 3.8) is 0 Å². The largest absolute Gasteiger partial charge is 0.481 e. The molecule has 3 heteroatoms. The van der Waals surface area contributed by atoms with Crippen molar-refractivity contribution in [3.8, 4) is 17.0 Å². The van der Waals surface area contributed by atoms with Gasteiger partial charge in [-0.15, -0.1) is 0 Å². The number of rotatable bonds is 2. The molecule has 0 radical (unpaired) electrons. The molecule has 2 aromatic rings. The van der Waals surface area contributed by atoms with E-state index in [9.17, 15) is 0 Å². The zero-order valence-corrected chi connectivity index (χ0v) is 9.40. The molecule has 82 valence electrons. The number of hydrogen-bond acceptors (Lipinski definition) is 3. The number of pyridine rings is 1. The van der Waals surface area contributed by atoms with E-state index in [0.29, 0.717) is 5.88 Å². The molecule has 0 aliphatic heterocycles. The number of aromatic nitrogens is 1. The number of hydrogen-bond donors (Lipinski definition) is 1. The maximum atomic E-state index is 5.87. The molecule has 1 aromatic heterocycles. The summed E-state index contributed by atoms with van der Waals surface area (Å²) in [5.41, 5.74) is 9.90. The van der Waals surface area contributed by atoms with Gasteiger partial charge in [-0.05, 0) is 30.2 Å². The lowest BCUT2D eigenvalue weighted by Crippen LogP contribution is -1.93. The molecule has 1 aromatic carbocycles. The Bertz CT molecular complexity index is 492. The highest BCUT2D eigenvalue weighted by atomic mass is 16.5. The van der Waals surface area contributed by atoms with Gasteiger partial charge in [0, 0.05) is 23.5 Å². The van der Waals surface area contributed by atoms with E-state index in [-0.39, 0.29) is 0 Å². The first-order valence-corrected chi connectivity index (χ1v) is 5.08. The Labute approximate surface area is 94.9 Å². The SMILES string of the molecule is COc1ccc(-c2cccc(N)c2C)cn1. The first-order valence-electron chi connectivity index (χ1n) is 5.08. The smallest absolute Gasteiger partial charge is 0.212 e. The van der Waals surface area contributed by atoms with Crippen LogP contribution in [0.3, 0.4) is 0 Å². The highest BCUT2D eigenvalue weighted by molar-refractivity contribution is 5.72. The molecule has 0 aliphatic rings. The second-order valence-corrected chi connectivity index (χ2v) is 3.61. The van der Waals surface area contributed by atoms with Crippen molar-refractivity contribution < 1.29 is 4.74 Å². The monoisotopic (exact) mass is 214 g/mol. The maximum absolute atomic E-state index is 5.87. The van der Waals surface area contributed by atoms with E-state index in [1.54, 1.807) is 13.3 Å². The highest BCUT2D eigenvalue weighted by Gasteiger charge is 2.04. The summed E-state index contributed by atoms with van der Waals surface area (Å²) in [7, 11) is 1.60. The number of nitrogens with zero attached hydrogens (tertiary/aromatic N) is 1. The fraction of sp³-hybridized carbons (Fsp3) is 0.154. The summed E-state index contributed by atoms with van der Waals surface area (Å²) in [6, 6.07) is 9.71. The predicted molar refractivity (Wildman–Crippen MR) is 65.4 cm³/mol. The van der Waals surface area contributed by atoms with Gasteiger partial charge in [-0.1, -0.05) is 12.1 Å². The summed E-state index contributed by atoms with van der Waals surface area (Å²) in [5.74, 6) is 0.616. The van der Waals surface area contributed by atoms with Crippen LogP contribution in [0.25, 0.3) is 11.1 Å². The van der Waals surface area contributed by atoms with Crippen molar-refractivity contribution >= 4 is 5.69 Å². The standard InChI is InChI=1S/C13H14N2O/c1-9-11(4-3-5-12(9)14)10-6-7-13(16-2)15-8-10/h3-8H,14H2,1-2H3. The Morgan fingerprint density at radius 1 is 1.19 bits per heavy atom. The third-order valence-electron chi connectivity index (χ3n) is 2.63. The van der Waals surface area contributed by atoms with Gasteiger partial charge in [0.1, 0.15) is 0 Å². The Hall–Kier alpha value is -2.03. The van der Waals surface area contributed by atoms with E-state index in [0.717, 1.165) is 22.4 Å². The molecule has 0 atom stereocenters. The number of ether oxygens (including phenoxy) is 1. The number of benzene rings is 1. The molecule has 2 rings (SSSR count). The van der Waals surface area contributed by atoms with Crippen molar-refractivity contribution in [2.75, 3.05) is 12.8 Å². The number of nitrogen functional groups attached to an aromatic ring is 1. The van der Waals surface area contributed by atoms with E-state index < -0.39 is 0 Å². The summed E-state index contributed by atoms with van der Waals surface area (Å²) in [4.78, 5) is 4.18. The van der Waals surface area contributed by atoms with Crippen molar-refractivity contribution in [2.24, 2.45) is 0 Å². The minimum Gasteiger partial charge on any atom is -0.481 e. The summed E-state index contributed by atoms with van der Waals surface area (Å²) in [6.45, 7) is 2.01. The minimum atomic E-state index is 0.616. The molecule has 3 nitrogen and oxygen atoms in total. The lowest BCUT2D eigenvalue weighted by atomic mass is 10.0. The van der Waals surface area contributed by atoms with E-state index >= 15 is 0 Å². The molecule has 0 unspecified atom stereocenters. The lowest BCUT2D eigenvalue weighted by Gasteiger charge is -2.08. The Kier molecular flexibility index (Phi) is 2.77. The third-order valence-corrected chi connectivity index (χ3v) is 2.63. The molecule has 0 saturated heterocycles. The average molecular weight is 214 g/mol. The molecule has 0 bridgehead atoms. The molecule has 0 aliphatic carbocycles. The predicted octanol–water partition coefficient (Wildman–Crippen LogP) is 2.65. The summed E-state index contributed by atoms with van der Waals surface area (Å²) in [6.07, 6.45) is 1.79. The lowest BCUT2D eigenvalue weighted by molar-refractivity contribution is 0.398. The van der Waals surface area contributed by atoms with Crippen LogP contribution in [0.1, 0.15) is 5.56 Å². The second-order valence-electron chi connectivity index (χ2n) is 3.61. The quantitative estimate of drug-likeness (QED) is 0.782. The van der Waals surface area contributed by atoms with Crippen LogP contribution in [0, 0.1) is 6.92 Å². The van der Waals surface area contributed by atoms with Crippen molar-refractivity contribution in [1.82, 2.24) is 4.98 Å². The zero-order valence-electron chi connectivity index (χ0n) is 9.40. The Morgan fingerprint density at radius 3 is 2.62 bits per heavy atom. The molecule has 2 N–H and O–H groups in total. The summed E-state index contributed by atoms with van der Waals surface area (Å²) < 4.78 is 5.02. The summed E-state index contributed by atoms with van der Waals surface area (Å²) >= 11 is 0. The van der Waals surface area contributed by atoms with Crippen LogP contribution < -0.4 is 10.5 Å². The van der Waals surface area contributed by atoms with Gasteiger partial charge in [-0.3, -0.25) is 0 Å². The second kappa shape index (κ2) is 4.23. The Balaban J connectivity index is 2.46. The number of methoxy groups -OCH3 is 1. The molecular weight excluding hydrogens is 200 g/mol. The topological polar surface area (TPSA) is 48.1 Å². The van der Waals surface area contributed by atoms with Gasteiger partial charge in [0.25, 0.3) is 0 Å². The van der Waals surface area contributed by atoms with Crippen LogP contribution in [0.15, 0.2) is 36.5 Å². The number of nitrogens with two attached hydrogens (primary N) is 1. The molecule has 16 heavy (non-hydrogen) atoms. The molecule has 1 heterocycles. The van der Waals surface area contributed by atoms with Crippen molar-refractivity contribution in [1.29, 1.82) is 0 Å². The first-order chi connectivity index (χ1) is 7.72. The van der Waals surface area contributed by atoms with Gasteiger partial charge in [0.2, 0.25) is 5.88 Å². The maximum Gasteiger partial charge on any atom is 0.212 e. The van der Waals surface area contributed by atoms with Crippen molar-refractivity contribution in [3.05, 3.63) is 42.1 Å². The van der Waals surface area contributed by atoms with Gasteiger partial charge in [0.05, 0.1) is 7.11 Å². The van der Waals surface area contributed by atoms with Gasteiger partial charge in [-0.25, -0.2) is 4.98 Å². The third kappa shape index (κ3) is 1.84. The van der Waals surface area contributed by atoms with Crippen LogP contribution in [-0.4, -0.2) is 12.1 Å². The van der Waals surface area contributed by atoms with E-state index in [4.69, 9.17) is 10.5 Å². The number of anilines is 1. The van der Waals surface area contributed by atoms with Crippen LogP contribution in [-0.2, 0) is 0 Å². The van der Waals surface area contributed by atoms with Gasteiger partial charge in [0.15, 0.2) is 0 Å². The molecular formula is C13H14N2O. The van der Waals surface area contributed by atoms with Crippen molar-refractivity contribution in [2.45, 2.75) is 6.92 Å². The fourth-order valence-corrected chi connectivity index (χ4v) is 1.63. The van der Waals surface area contributed by atoms with Crippen LogP contribution in [0.2, 0.25) is 0 Å². The average Bonchev–Trinajstić information content (AvgIpc) is 2.33. The van der Waals surface area contributed by atoms with Gasteiger partial charge >= 0.3 is 0 Å². The normalized spacial score (nSPS) is 10.1. The van der Waals surface area contributed by atoms with Crippen LogP contribution >= 0.6 is 0 Å². The summed E-state index contributed by atoms with van der Waals surface area (Å²) in [5, 5.41) is 0. The van der Waals surface area contributed by atoms with Crippen LogP contribution in [0.5, 0.6) is 5.88 Å². The molecule has 0 spiro atoms. The van der Waals surface area contributed by atoms with Crippen LogP contribution in [0.4, 0.5) is 5.69 Å². The molecule has 0 fully saturated rings. The highest BCUT2D eigenvalue weighted by Crippen LogP contribution is 2.27. The van der Waals surface area contributed by atoms with Gasteiger partial charge in [-0.2, -0.15) is 0 Å².